The molecular formula is C29H42FN5O5. The number of aromatic nitrogens is 2. The average Bonchev–Trinajstić information content (AvgIpc) is 3.68. The van der Waals surface area contributed by atoms with Crippen molar-refractivity contribution in [3.8, 4) is 0 Å². The number of piperidine rings is 1. The molecule has 1 aromatic heterocycles. The highest BCUT2D eigenvalue weighted by Crippen LogP contribution is 2.57. The number of amides is 2. The topological polar surface area (TPSA) is 106 Å². The van der Waals surface area contributed by atoms with E-state index in [0.29, 0.717) is 24.7 Å². The number of fused-ring (bicyclic) bond motifs is 2. The highest BCUT2D eigenvalue weighted by Gasteiger charge is 2.61. The molecule has 1 spiro atoms. The quantitative estimate of drug-likeness (QED) is 0.564. The number of nitrogens with one attached hydrogen (secondary N) is 1. The van der Waals surface area contributed by atoms with Crippen molar-refractivity contribution in [2.45, 2.75) is 127 Å². The van der Waals surface area contributed by atoms with Crippen LogP contribution in [0.3, 0.4) is 0 Å². The molecule has 6 rings (SSSR count). The Hall–Kier alpha value is -2.53. The summed E-state index contributed by atoms with van der Waals surface area (Å²) < 4.78 is 32.7. The molecular weight excluding hydrogens is 517 g/mol. The van der Waals surface area contributed by atoms with Crippen LogP contribution in [0.1, 0.15) is 90.5 Å². The number of rotatable bonds is 5. The van der Waals surface area contributed by atoms with E-state index in [1.54, 1.807) is 27.0 Å². The van der Waals surface area contributed by atoms with E-state index in [9.17, 15) is 9.59 Å². The van der Waals surface area contributed by atoms with Gasteiger partial charge < -0.3 is 24.4 Å². The van der Waals surface area contributed by atoms with Crippen LogP contribution in [0.25, 0.3) is 0 Å². The lowest BCUT2D eigenvalue weighted by Crippen LogP contribution is -2.51. The normalized spacial score (nSPS) is 31.7. The number of halogens is 1. The molecule has 5 atom stereocenters. The lowest BCUT2D eigenvalue weighted by molar-refractivity contribution is -0.193. The third kappa shape index (κ3) is 5.51. The summed E-state index contributed by atoms with van der Waals surface area (Å²) >= 11 is 0. The SMILES string of the molecule is CC(C)(C)OC(=O)N1CC[C@H](Nc2ncc3c(n2)N([C@@H]2CCC[C@@H](OC4CCCCO4)C2)C(=O)C32CC2)[C@H](F)C1. The van der Waals surface area contributed by atoms with E-state index >= 15 is 4.39 Å². The molecule has 1 aromatic rings. The number of hydrogen-bond acceptors (Lipinski definition) is 8. The fraction of sp³-hybridized carbons (Fsp3) is 0.793. The van der Waals surface area contributed by atoms with Crippen LogP contribution >= 0.6 is 0 Å². The zero-order valence-corrected chi connectivity index (χ0v) is 23.9. The van der Waals surface area contributed by atoms with Crippen LogP contribution in [0.5, 0.6) is 0 Å². The number of alkyl halides is 1. The maximum atomic E-state index is 15.2. The summed E-state index contributed by atoms with van der Waals surface area (Å²) in [7, 11) is 0. The van der Waals surface area contributed by atoms with Crippen molar-refractivity contribution in [2.75, 3.05) is 29.9 Å². The standard InChI is InChI=1S/C29H42FN5O5/c1-28(2,3)40-27(37)34-13-10-22(21(30)17-34)32-26-31-16-20-24(33-26)35(25(36)29(20)11-12-29)18-7-6-8-19(15-18)39-23-9-4-5-14-38-23/h16,18-19,21-23H,4-15,17H2,1-3H3,(H,31,32,33)/t18-,19-,21-,22+,23?/m1/s1. The first kappa shape index (κ1) is 27.6. The summed E-state index contributed by atoms with van der Waals surface area (Å²) in [6.07, 6.45) is 8.58. The molecule has 2 aliphatic carbocycles. The first-order chi connectivity index (χ1) is 19.1. The van der Waals surface area contributed by atoms with E-state index in [0.717, 1.165) is 70.0 Å². The Bertz CT molecular complexity index is 1120. The van der Waals surface area contributed by atoms with Gasteiger partial charge in [0.1, 0.15) is 17.6 Å². The molecule has 2 saturated carbocycles. The van der Waals surface area contributed by atoms with E-state index in [1.165, 1.54) is 4.90 Å². The van der Waals surface area contributed by atoms with Crippen molar-refractivity contribution in [3.05, 3.63) is 11.8 Å². The molecule has 10 nitrogen and oxygen atoms in total. The van der Waals surface area contributed by atoms with Gasteiger partial charge in [-0.25, -0.2) is 14.2 Å². The molecule has 11 heteroatoms. The maximum absolute atomic E-state index is 15.2. The highest BCUT2D eigenvalue weighted by molar-refractivity contribution is 6.09. The minimum Gasteiger partial charge on any atom is -0.444 e. The van der Waals surface area contributed by atoms with Crippen LogP contribution in [0, 0.1) is 0 Å². The molecule has 0 bridgehead atoms. The van der Waals surface area contributed by atoms with Crippen LogP contribution in [0.2, 0.25) is 0 Å². The van der Waals surface area contributed by atoms with Crippen molar-refractivity contribution < 1.29 is 28.2 Å². The molecule has 2 saturated heterocycles. The first-order valence-corrected chi connectivity index (χ1v) is 15.0. The van der Waals surface area contributed by atoms with Crippen molar-refractivity contribution in [1.82, 2.24) is 14.9 Å². The van der Waals surface area contributed by atoms with Gasteiger partial charge in [-0.15, -0.1) is 0 Å². The predicted molar refractivity (Wildman–Crippen MR) is 146 cm³/mol. The summed E-state index contributed by atoms with van der Waals surface area (Å²) in [5.74, 6) is 1.08. The molecule has 0 aromatic carbocycles. The molecule has 4 fully saturated rings. The van der Waals surface area contributed by atoms with Gasteiger partial charge >= 0.3 is 6.09 Å². The minimum absolute atomic E-state index is 0.00214. The van der Waals surface area contributed by atoms with Gasteiger partial charge in [0.25, 0.3) is 0 Å². The third-order valence-electron chi connectivity index (χ3n) is 8.84. The summed E-state index contributed by atoms with van der Waals surface area (Å²) in [6.45, 7) is 6.45. The number of carbonyl (C=O) groups excluding carboxylic acids is 2. The molecule has 4 heterocycles. The summed E-state index contributed by atoms with van der Waals surface area (Å²) in [5, 5.41) is 3.16. The van der Waals surface area contributed by atoms with Crippen LogP contribution in [0.15, 0.2) is 6.20 Å². The zero-order valence-electron chi connectivity index (χ0n) is 23.9. The van der Waals surface area contributed by atoms with E-state index in [4.69, 9.17) is 19.2 Å². The second-order valence-corrected chi connectivity index (χ2v) is 13.0. The van der Waals surface area contributed by atoms with E-state index < -0.39 is 29.3 Å². The minimum atomic E-state index is -1.30. The van der Waals surface area contributed by atoms with Crippen molar-refractivity contribution >= 4 is 23.8 Å². The Balaban J connectivity index is 1.14. The number of carbonyl (C=O) groups is 2. The fourth-order valence-corrected chi connectivity index (χ4v) is 6.59. The lowest BCUT2D eigenvalue weighted by atomic mass is 9.91. The van der Waals surface area contributed by atoms with Gasteiger partial charge in [0.2, 0.25) is 11.9 Å². The second kappa shape index (κ2) is 10.7. The van der Waals surface area contributed by atoms with Crippen LogP contribution in [-0.2, 0) is 24.4 Å². The third-order valence-corrected chi connectivity index (χ3v) is 8.84. The smallest absolute Gasteiger partial charge is 0.410 e. The fourth-order valence-electron chi connectivity index (χ4n) is 6.59. The summed E-state index contributed by atoms with van der Waals surface area (Å²) in [5.41, 5.74) is -0.250. The maximum Gasteiger partial charge on any atom is 0.410 e. The van der Waals surface area contributed by atoms with Crippen molar-refractivity contribution in [2.24, 2.45) is 0 Å². The van der Waals surface area contributed by atoms with Gasteiger partial charge in [0.05, 0.1) is 24.1 Å². The molecule has 40 heavy (non-hydrogen) atoms. The van der Waals surface area contributed by atoms with Gasteiger partial charge in [-0.05, 0) is 85.0 Å². The van der Waals surface area contributed by atoms with E-state index in [1.807, 2.05) is 4.90 Å². The zero-order chi connectivity index (χ0) is 28.1. The Morgan fingerprint density at radius 2 is 2.00 bits per heavy atom. The summed E-state index contributed by atoms with van der Waals surface area (Å²) in [4.78, 5) is 38.8. The Labute approximate surface area is 235 Å². The Morgan fingerprint density at radius 3 is 2.70 bits per heavy atom. The number of ether oxygens (including phenoxy) is 3. The van der Waals surface area contributed by atoms with Gasteiger partial charge in [0, 0.05) is 31.0 Å². The van der Waals surface area contributed by atoms with Crippen molar-refractivity contribution in [1.29, 1.82) is 0 Å². The number of nitrogens with zero attached hydrogens (tertiary/aromatic N) is 4. The average molecular weight is 560 g/mol. The van der Waals surface area contributed by atoms with Gasteiger partial charge in [-0.2, -0.15) is 4.98 Å². The van der Waals surface area contributed by atoms with Gasteiger partial charge in [-0.3, -0.25) is 9.69 Å². The summed E-state index contributed by atoms with van der Waals surface area (Å²) in [6, 6.07) is -0.539. The second-order valence-electron chi connectivity index (χ2n) is 13.0. The Kier molecular flexibility index (Phi) is 7.39. The van der Waals surface area contributed by atoms with Gasteiger partial charge in [-0.1, -0.05) is 0 Å². The predicted octanol–water partition coefficient (Wildman–Crippen LogP) is 4.47. The molecule has 3 aliphatic heterocycles. The Morgan fingerprint density at radius 1 is 1.18 bits per heavy atom. The van der Waals surface area contributed by atoms with Crippen LogP contribution < -0.4 is 10.2 Å². The van der Waals surface area contributed by atoms with Crippen molar-refractivity contribution in [3.63, 3.8) is 0 Å². The molecule has 1 N–H and O–H groups in total. The van der Waals surface area contributed by atoms with E-state index in [-0.39, 0.29) is 30.9 Å². The number of likely N-dealkylation sites (tertiary alicyclic amines) is 1. The molecule has 0 radical (unpaired) electrons. The monoisotopic (exact) mass is 559 g/mol. The van der Waals surface area contributed by atoms with Gasteiger partial charge in [0.15, 0.2) is 6.29 Å². The molecule has 1 unspecified atom stereocenters. The van der Waals surface area contributed by atoms with E-state index in [2.05, 4.69) is 10.3 Å². The molecule has 2 amide bonds. The highest BCUT2D eigenvalue weighted by atomic mass is 19.1. The number of anilines is 2. The van der Waals surface area contributed by atoms with Crippen LogP contribution in [-0.4, -0.2) is 82.8 Å². The van der Waals surface area contributed by atoms with Crippen LogP contribution in [0.4, 0.5) is 21.0 Å². The lowest BCUT2D eigenvalue weighted by Gasteiger charge is -2.37. The number of hydrogen-bond donors (Lipinski definition) is 1. The molecule has 5 aliphatic rings. The first-order valence-electron chi connectivity index (χ1n) is 15.0. The molecule has 220 valence electrons. The largest absolute Gasteiger partial charge is 0.444 e.